The first-order valence-corrected chi connectivity index (χ1v) is 13.1. The molecule has 0 saturated carbocycles. The van der Waals surface area contributed by atoms with Crippen LogP contribution in [0.4, 0.5) is 5.82 Å². The number of carbonyl (C=O) groups excluding carboxylic acids is 2. The molecule has 0 saturated heterocycles. The number of aryl methyl sites for hydroxylation is 1. The summed E-state index contributed by atoms with van der Waals surface area (Å²) in [5, 5.41) is 12.1. The first-order chi connectivity index (χ1) is 18.0. The van der Waals surface area contributed by atoms with E-state index in [1.54, 1.807) is 44.3 Å². The molecule has 1 aromatic heterocycles. The second-order valence-corrected chi connectivity index (χ2v) is 10.9. The molecular weight excluding hydrogens is 500 g/mol. The van der Waals surface area contributed by atoms with Gasteiger partial charge in [0.1, 0.15) is 23.1 Å². The molecule has 0 spiro atoms. The molecule has 200 valence electrons. The summed E-state index contributed by atoms with van der Waals surface area (Å²) in [7, 11) is 0. The minimum absolute atomic E-state index is 0.0507. The average Bonchev–Trinajstić information content (AvgIpc) is 2.87. The van der Waals surface area contributed by atoms with Gasteiger partial charge in [-0.3, -0.25) is 9.59 Å². The Labute approximate surface area is 227 Å². The van der Waals surface area contributed by atoms with Gasteiger partial charge < -0.3 is 20.9 Å². The Hall–Kier alpha value is -3.69. The molecule has 2 aromatic carbocycles. The van der Waals surface area contributed by atoms with Crippen LogP contribution in [0.3, 0.4) is 0 Å². The lowest BCUT2D eigenvalue weighted by Gasteiger charge is -2.20. The topological polar surface area (TPSA) is 127 Å². The molecule has 4 N–H and O–H groups in total. The fourth-order valence-electron chi connectivity index (χ4n) is 3.54. The quantitative estimate of drug-likeness (QED) is 0.316. The van der Waals surface area contributed by atoms with Crippen molar-refractivity contribution >= 4 is 28.6 Å². The third-order valence-electron chi connectivity index (χ3n) is 5.81. The number of nitrogens with zero attached hydrogens (tertiary/aromatic N) is 2. The highest BCUT2D eigenvalue weighted by atomic mass is 32.2. The van der Waals surface area contributed by atoms with E-state index in [4.69, 9.17) is 10.5 Å². The number of carbonyl (C=O) groups is 2. The van der Waals surface area contributed by atoms with Crippen LogP contribution < -0.4 is 15.8 Å². The molecule has 0 atom stereocenters. The van der Waals surface area contributed by atoms with Gasteiger partial charge in [-0.15, -0.1) is 0 Å². The minimum Gasteiger partial charge on any atom is -0.457 e. The van der Waals surface area contributed by atoms with Crippen LogP contribution in [0.2, 0.25) is 0 Å². The summed E-state index contributed by atoms with van der Waals surface area (Å²) in [5.74, 6) is 1.50. The summed E-state index contributed by atoms with van der Waals surface area (Å²) in [6, 6.07) is 14.8. The van der Waals surface area contributed by atoms with E-state index in [0.29, 0.717) is 44.7 Å². The largest absolute Gasteiger partial charge is 0.457 e. The lowest BCUT2D eigenvalue weighted by molar-refractivity contribution is -0.117. The van der Waals surface area contributed by atoms with Gasteiger partial charge in [0.15, 0.2) is 0 Å². The van der Waals surface area contributed by atoms with Crippen molar-refractivity contribution < 1.29 is 19.4 Å². The first kappa shape index (κ1) is 28.9. The van der Waals surface area contributed by atoms with Crippen molar-refractivity contribution in [1.29, 1.82) is 0 Å². The number of nitrogens with two attached hydrogens (primary N) is 1. The Kier molecular flexibility index (Phi) is 9.66. The van der Waals surface area contributed by atoms with Crippen molar-refractivity contribution in [3.8, 4) is 11.5 Å². The van der Waals surface area contributed by atoms with Crippen LogP contribution in [-0.4, -0.2) is 32.7 Å². The molecule has 0 unspecified atom stereocenters. The number of nitrogens with one attached hydrogen (secondary N) is 1. The second kappa shape index (κ2) is 12.7. The number of thioether (sulfide) groups is 1. The lowest BCUT2D eigenvalue weighted by atomic mass is 9.87. The molecule has 0 aliphatic carbocycles. The molecule has 1 heterocycles. The van der Waals surface area contributed by atoms with Gasteiger partial charge in [-0.2, -0.15) is 0 Å². The standard InChI is InChI=1S/C29H34N4O4S/c1-18(27(35)32-17-20-16-31-19(2)33-26(20)30)25(13-14-34)38-28(36)23-11-6-7-12-24(23)37-22-10-8-9-21(15-22)29(3,4)5/h6-12,15-16,34H,13-14,17H2,1-5H3,(H,32,35)(H2,30,31,33)/b25-18-. The van der Waals surface area contributed by atoms with E-state index in [1.807, 2.05) is 24.3 Å². The van der Waals surface area contributed by atoms with Crippen LogP contribution in [0, 0.1) is 6.92 Å². The molecule has 3 rings (SSSR count). The number of hydrogen-bond acceptors (Lipinski definition) is 8. The second-order valence-electron chi connectivity index (χ2n) is 9.80. The molecule has 1 amide bonds. The maximum absolute atomic E-state index is 13.4. The minimum atomic E-state index is -0.378. The van der Waals surface area contributed by atoms with Crippen molar-refractivity contribution in [2.45, 2.75) is 53.0 Å². The molecular formula is C29H34N4O4S. The highest BCUT2D eigenvalue weighted by Crippen LogP contribution is 2.34. The van der Waals surface area contributed by atoms with Gasteiger partial charge in [0.25, 0.3) is 0 Å². The fourth-order valence-corrected chi connectivity index (χ4v) is 4.49. The summed E-state index contributed by atoms with van der Waals surface area (Å²) in [6.07, 6.45) is 1.72. The number of ether oxygens (including phenoxy) is 1. The number of aliphatic hydroxyl groups is 1. The summed E-state index contributed by atoms with van der Waals surface area (Å²) < 4.78 is 6.12. The Morgan fingerprint density at radius 3 is 2.55 bits per heavy atom. The first-order valence-electron chi connectivity index (χ1n) is 12.3. The molecule has 3 aromatic rings. The molecule has 0 fully saturated rings. The monoisotopic (exact) mass is 534 g/mol. The number of nitrogen functional groups attached to an aromatic ring is 1. The van der Waals surface area contributed by atoms with Crippen molar-refractivity contribution in [2.75, 3.05) is 12.3 Å². The van der Waals surface area contributed by atoms with Crippen LogP contribution in [0.15, 0.2) is 65.2 Å². The van der Waals surface area contributed by atoms with Crippen LogP contribution in [0.25, 0.3) is 0 Å². The molecule has 9 heteroatoms. The van der Waals surface area contributed by atoms with Gasteiger partial charge in [0, 0.05) is 41.8 Å². The molecule has 0 aliphatic rings. The number of aliphatic hydroxyl groups excluding tert-OH is 1. The highest BCUT2D eigenvalue weighted by molar-refractivity contribution is 8.17. The van der Waals surface area contributed by atoms with Crippen LogP contribution in [-0.2, 0) is 16.8 Å². The van der Waals surface area contributed by atoms with Crippen molar-refractivity contribution in [3.05, 3.63) is 87.7 Å². The highest BCUT2D eigenvalue weighted by Gasteiger charge is 2.20. The van der Waals surface area contributed by atoms with Crippen LogP contribution >= 0.6 is 11.8 Å². The van der Waals surface area contributed by atoms with Crippen molar-refractivity contribution in [1.82, 2.24) is 15.3 Å². The Morgan fingerprint density at radius 1 is 1.13 bits per heavy atom. The summed E-state index contributed by atoms with van der Waals surface area (Å²) in [6.45, 7) is 9.64. The van der Waals surface area contributed by atoms with E-state index < -0.39 is 0 Å². The van der Waals surface area contributed by atoms with Crippen molar-refractivity contribution in [2.24, 2.45) is 0 Å². The number of hydrogen-bond donors (Lipinski definition) is 3. The third kappa shape index (κ3) is 7.66. The lowest BCUT2D eigenvalue weighted by Crippen LogP contribution is -2.25. The van der Waals surface area contributed by atoms with E-state index in [0.717, 1.165) is 17.3 Å². The van der Waals surface area contributed by atoms with E-state index in [-0.39, 0.29) is 36.0 Å². The number of aromatic nitrogens is 2. The van der Waals surface area contributed by atoms with Gasteiger partial charge in [-0.05, 0) is 49.1 Å². The number of benzene rings is 2. The van der Waals surface area contributed by atoms with Gasteiger partial charge >= 0.3 is 0 Å². The molecule has 8 nitrogen and oxygen atoms in total. The van der Waals surface area contributed by atoms with Gasteiger partial charge in [-0.25, -0.2) is 9.97 Å². The summed E-state index contributed by atoms with van der Waals surface area (Å²) in [4.78, 5) is 34.9. The van der Waals surface area contributed by atoms with E-state index >= 15 is 0 Å². The maximum atomic E-state index is 13.4. The number of amides is 1. The predicted molar refractivity (Wildman–Crippen MR) is 151 cm³/mol. The van der Waals surface area contributed by atoms with E-state index in [9.17, 15) is 14.7 Å². The van der Waals surface area contributed by atoms with Crippen LogP contribution in [0.1, 0.15) is 61.4 Å². The Bertz CT molecular complexity index is 1350. The van der Waals surface area contributed by atoms with Gasteiger partial charge in [0.2, 0.25) is 11.0 Å². The number of para-hydroxylation sites is 1. The Balaban J connectivity index is 1.79. The molecule has 0 radical (unpaired) electrons. The average molecular weight is 535 g/mol. The summed E-state index contributed by atoms with van der Waals surface area (Å²) >= 11 is 0.908. The normalized spacial score (nSPS) is 12.1. The molecule has 38 heavy (non-hydrogen) atoms. The molecule has 0 bridgehead atoms. The number of rotatable bonds is 9. The molecule has 0 aliphatic heterocycles. The maximum Gasteiger partial charge on any atom is 0.247 e. The zero-order valence-corrected chi connectivity index (χ0v) is 23.2. The van der Waals surface area contributed by atoms with E-state index in [2.05, 4.69) is 36.1 Å². The zero-order valence-electron chi connectivity index (χ0n) is 22.4. The van der Waals surface area contributed by atoms with Gasteiger partial charge in [-0.1, -0.05) is 56.8 Å². The summed E-state index contributed by atoms with van der Waals surface area (Å²) in [5.41, 5.74) is 8.26. The zero-order chi connectivity index (χ0) is 27.9. The third-order valence-corrected chi connectivity index (χ3v) is 6.97. The van der Waals surface area contributed by atoms with Crippen molar-refractivity contribution in [3.63, 3.8) is 0 Å². The van der Waals surface area contributed by atoms with E-state index in [1.165, 1.54) is 0 Å². The Morgan fingerprint density at radius 2 is 1.87 bits per heavy atom. The fraction of sp³-hybridized carbons (Fsp3) is 0.310. The number of anilines is 1. The SMILES string of the molecule is C/C(C(=O)NCc1cnc(C)nc1N)=C(\CCO)SC(=O)c1ccccc1Oc1cccc(C(C)(C)C)c1. The van der Waals surface area contributed by atoms with Gasteiger partial charge in [0.05, 0.1) is 5.56 Å². The smallest absolute Gasteiger partial charge is 0.247 e. The predicted octanol–water partition coefficient (Wildman–Crippen LogP) is 5.30. The van der Waals surface area contributed by atoms with Crippen LogP contribution in [0.5, 0.6) is 11.5 Å².